The fourth-order valence-corrected chi connectivity index (χ4v) is 6.49. The van der Waals surface area contributed by atoms with Gasteiger partial charge in [-0.1, -0.05) is 72.8 Å². The van der Waals surface area contributed by atoms with Crippen molar-refractivity contribution >= 4 is 0 Å². The first-order valence-electron chi connectivity index (χ1n) is 14.5. The van der Waals surface area contributed by atoms with E-state index in [0.717, 1.165) is 33.4 Å². The Balaban J connectivity index is 1.78. The highest BCUT2D eigenvalue weighted by Crippen LogP contribution is 2.54. The number of benzene rings is 6. The van der Waals surface area contributed by atoms with Gasteiger partial charge in [0.05, 0.1) is 0 Å². The fraction of sp³-hybridized carbons (Fsp3) is 0.0769. The molecule has 6 aromatic rings. The average Bonchev–Trinajstić information content (AvgIpc) is 3.05. The molecule has 0 fully saturated rings. The second-order valence-electron chi connectivity index (χ2n) is 11.3. The lowest BCUT2D eigenvalue weighted by molar-refractivity contribution is 0.431. The highest BCUT2D eigenvalue weighted by molar-refractivity contribution is 5.60. The Labute approximate surface area is 261 Å². The van der Waals surface area contributed by atoms with Crippen LogP contribution in [0.25, 0.3) is 0 Å². The van der Waals surface area contributed by atoms with E-state index in [2.05, 4.69) is 0 Å². The Hall–Kier alpha value is -5.88. The molecule has 0 saturated carbocycles. The van der Waals surface area contributed by atoms with E-state index in [1.807, 2.05) is 72.8 Å². The van der Waals surface area contributed by atoms with E-state index in [4.69, 9.17) is 0 Å². The van der Waals surface area contributed by atoms with Gasteiger partial charge in [0, 0.05) is 10.8 Å². The highest BCUT2D eigenvalue weighted by atomic mass is 16.3. The first-order valence-corrected chi connectivity index (χ1v) is 14.5. The molecule has 0 spiro atoms. The van der Waals surface area contributed by atoms with E-state index < -0.39 is 10.8 Å². The molecule has 6 nitrogen and oxygen atoms in total. The van der Waals surface area contributed by atoms with Gasteiger partial charge in [-0.05, 0) is 113 Å². The zero-order valence-corrected chi connectivity index (χ0v) is 24.2. The van der Waals surface area contributed by atoms with Crippen LogP contribution in [0.2, 0.25) is 0 Å². The van der Waals surface area contributed by atoms with Gasteiger partial charge in [-0.3, -0.25) is 0 Å². The van der Waals surface area contributed by atoms with Gasteiger partial charge in [0.2, 0.25) is 0 Å². The third-order valence-corrected chi connectivity index (χ3v) is 8.69. The van der Waals surface area contributed by atoms with Crippen LogP contribution in [-0.2, 0) is 10.8 Å². The van der Waals surface area contributed by atoms with E-state index >= 15 is 0 Å². The van der Waals surface area contributed by atoms with Crippen molar-refractivity contribution in [3.8, 4) is 34.5 Å². The molecule has 0 aliphatic heterocycles. The van der Waals surface area contributed by atoms with Crippen LogP contribution in [0.15, 0.2) is 146 Å². The summed E-state index contributed by atoms with van der Waals surface area (Å²) >= 11 is 0. The summed E-state index contributed by atoms with van der Waals surface area (Å²) in [7, 11) is 0. The van der Waals surface area contributed by atoms with Crippen molar-refractivity contribution < 1.29 is 30.6 Å². The standard InChI is InChI=1S/C39H32O6/c40-32-13-1-26(2-14-32)38(27-3-15-33(41)16-4-27,28-5-17-34(42)18-6-28)25-39(29-7-19-35(43)20-8-29,30-9-21-36(44)22-10-30)31-11-23-37(45)24-12-31/h1-24,40-45H,25H2. The molecule has 0 bridgehead atoms. The van der Waals surface area contributed by atoms with Crippen LogP contribution in [0.5, 0.6) is 34.5 Å². The van der Waals surface area contributed by atoms with E-state index in [1.54, 1.807) is 72.8 Å². The number of aromatic hydroxyl groups is 6. The molecule has 6 aromatic carbocycles. The van der Waals surface area contributed by atoms with Crippen molar-refractivity contribution in [1.82, 2.24) is 0 Å². The van der Waals surface area contributed by atoms with Crippen molar-refractivity contribution in [2.45, 2.75) is 17.3 Å². The summed E-state index contributed by atoms with van der Waals surface area (Å²) in [6.45, 7) is 0. The third-order valence-electron chi connectivity index (χ3n) is 8.69. The molecule has 0 unspecified atom stereocenters. The minimum Gasteiger partial charge on any atom is -0.508 e. The Morgan fingerprint density at radius 1 is 0.244 bits per heavy atom. The molecule has 6 heteroatoms. The fourth-order valence-electron chi connectivity index (χ4n) is 6.49. The molecule has 0 amide bonds. The summed E-state index contributed by atoms with van der Waals surface area (Å²) in [5.74, 6) is 0.616. The zero-order chi connectivity index (χ0) is 31.6. The Morgan fingerprint density at radius 3 is 0.511 bits per heavy atom. The second kappa shape index (κ2) is 11.7. The Morgan fingerprint density at radius 2 is 0.378 bits per heavy atom. The van der Waals surface area contributed by atoms with Gasteiger partial charge in [-0.25, -0.2) is 0 Å². The van der Waals surface area contributed by atoms with Crippen LogP contribution >= 0.6 is 0 Å². The van der Waals surface area contributed by atoms with Crippen molar-refractivity contribution in [3.05, 3.63) is 179 Å². The molecular weight excluding hydrogens is 564 g/mol. The van der Waals surface area contributed by atoms with Gasteiger partial charge in [-0.2, -0.15) is 0 Å². The van der Waals surface area contributed by atoms with Gasteiger partial charge in [0.1, 0.15) is 34.5 Å². The smallest absolute Gasteiger partial charge is 0.115 e. The van der Waals surface area contributed by atoms with Crippen LogP contribution in [0.4, 0.5) is 0 Å². The monoisotopic (exact) mass is 596 g/mol. The van der Waals surface area contributed by atoms with Gasteiger partial charge in [0.15, 0.2) is 0 Å². The summed E-state index contributed by atoms with van der Waals surface area (Å²) in [6, 6.07) is 42.0. The van der Waals surface area contributed by atoms with Crippen LogP contribution in [0.1, 0.15) is 39.8 Å². The molecule has 0 atom stereocenters. The number of hydrogen-bond donors (Lipinski definition) is 6. The van der Waals surface area contributed by atoms with Gasteiger partial charge < -0.3 is 30.6 Å². The summed E-state index contributed by atoms with van der Waals surface area (Å²) in [6.07, 6.45) is 0.320. The average molecular weight is 597 g/mol. The van der Waals surface area contributed by atoms with Crippen LogP contribution in [0, 0.1) is 0 Å². The topological polar surface area (TPSA) is 121 Å². The van der Waals surface area contributed by atoms with Gasteiger partial charge in [-0.15, -0.1) is 0 Å². The lowest BCUT2D eigenvalue weighted by atomic mass is 9.55. The van der Waals surface area contributed by atoms with Gasteiger partial charge >= 0.3 is 0 Å². The molecule has 0 aliphatic rings. The number of phenolic OH excluding ortho intramolecular Hbond substituents is 6. The molecule has 224 valence electrons. The largest absolute Gasteiger partial charge is 0.508 e. The summed E-state index contributed by atoms with van der Waals surface area (Å²) in [5.41, 5.74) is 3.02. The summed E-state index contributed by atoms with van der Waals surface area (Å²) < 4.78 is 0. The molecule has 6 rings (SSSR count). The second-order valence-corrected chi connectivity index (χ2v) is 11.3. The Bertz CT molecular complexity index is 1510. The third kappa shape index (κ3) is 5.38. The van der Waals surface area contributed by atoms with Crippen LogP contribution < -0.4 is 0 Å². The SMILES string of the molecule is Oc1ccc(C(CC(c2ccc(O)cc2)(c2ccc(O)cc2)c2ccc(O)cc2)(c2ccc(O)cc2)c2ccc(O)cc2)cc1. The van der Waals surface area contributed by atoms with E-state index in [1.165, 1.54) is 0 Å². The van der Waals surface area contributed by atoms with E-state index in [0.29, 0.717) is 6.42 Å². The summed E-state index contributed by atoms with van der Waals surface area (Å²) in [4.78, 5) is 0. The van der Waals surface area contributed by atoms with Crippen molar-refractivity contribution in [2.75, 3.05) is 0 Å². The molecular formula is C39H32O6. The quantitative estimate of drug-likeness (QED) is 0.100. The van der Waals surface area contributed by atoms with E-state index in [9.17, 15) is 30.6 Å². The molecule has 0 radical (unpaired) electrons. The minimum atomic E-state index is -0.983. The lowest BCUT2D eigenvalue weighted by Crippen LogP contribution is -2.41. The predicted octanol–water partition coefficient (Wildman–Crippen LogP) is 7.68. The molecule has 45 heavy (non-hydrogen) atoms. The number of hydrogen-bond acceptors (Lipinski definition) is 6. The minimum absolute atomic E-state index is 0.103. The van der Waals surface area contributed by atoms with Gasteiger partial charge in [0.25, 0.3) is 0 Å². The Kier molecular flexibility index (Phi) is 7.57. The molecule has 0 aromatic heterocycles. The number of phenols is 6. The van der Waals surface area contributed by atoms with Crippen LogP contribution in [-0.4, -0.2) is 30.6 Å². The molecule has 0 saturated heterocycles. The van der Waals surface area contributed by atoms with Crippen molar-refractivity contribution in [2.24, 2.45) is 0 Å². The van der Waals surface area contributed by atoms with E-state index in [-0.39, 0.29) is 34.5 Å². The maximum atomic E-state index is 10.3. The molecule has 0 heterocycles. The summed E-state index contributed by atoms with van der Waals surface area (Å²) in [5, 5.41) is 62.1. The first kappa shape index (κ1) is 29.2. The lowest BCUT2D eigenvalue weighted by Gasteiger charge is -2.46. The predicted molar refractivity (Wildman–Crippen MR) is 173 cm³/mol. The maximum Gasteiger partial charge on any atom is 0.115 e. The maximum absolute atomic E-state index is 10.3. The zero-order valence-electron chi connectivity index (χ0n) is 24.2. The molecule has 6 N–H and O–H groups in total. The van der Waals surface area contributed by atoms with Crippen LogP contribution in [0.3, 0.4) is 0 Å². The number of rotatable bonds is 8. The first-order chi connectivity index (χ1) is 21.7. The normalized spacial score (nSPS) is 11.7. The highest BCUT2D eigenvalue weighted by Gasteiger charge is 2.48. The van der Waals surface area contributed by atoms with Crippen molar-refractivity contribution in [3.63, 3.8) is 0 Å². The molecule has 0 aliphatic carbocycles. The van der Waals surface area contributed by atoms with Crippen molar-refractivity contribution in [1.29, 1.82) is 0 Å².